The van der Waals surface area contributed by atoms with Crippen LogP contribution in [-0.4, -0.2) is 54.3 Å². The van der Waals surface area contributed by atoms with Crippen LogP contribution >= 0.6 is 0 Å². The fourth-order valence-corrected chi connectivity index (χ4v) is 2.65. The van der Waals surface area contributed by atoms with Gasteiger partial charge in [-0.2, -0.15) is 0 Å². The summed E-state index contributed by atoms with van der Waals surface area (Å²) in [6.45, 7) is 1.81. The summed E-state index contributed by atoms with van der Waals surface area (Å²) in [7, 11) is 0. The zero-order valence-electron chi connectivity index (χ0n) is 12.6. The first-order valence-electron chi connectivity index (χ1n) is 7.69. The van der Waals surface area contributed by atoms with Crippen LogP contribution in [0, 0.1) is 0 Å². The van der Waals surface area contributed by atoms with E-state index in [1.165, 1.54) is 0 Å². The van der Waals surface area contributed by atoms with Crippen LogP contribution in [0.15, 0.2) is 30.3 Å². The molecule has 0 saturated carbocycles. The third kappa shape index (κ3) is 5.63. The topological polar surface area (TPSA) is 90.8 Å². The second-order valence-electron chi connectivity index (χ2n) is 5.61. The number of nitrogens with one attached hydrogen (secondary N) is 2. The molecule has 22 heavy (non-hydrogen) atoms. The Kier molecular flexibility index (Phi) is 6.64. The number of aliphatic hydroxyl groups is 1. The lowest BCUT2D eigenvalue weighted by Crippen LogP contribution is -2.49. The largest absolute Gasteiger partial charge is 0.465 e. The highest BCUT2D eigenvalue weighted by molar-refractivity contribution is 5.65. The van der Waals surface area contributed by atoms with Gasteiger partial charge >= 0.3 is 6.09 Å². The van der Waals surface area contributed by atoms with Crippen molar-refractivity contribution < 1.29 is 19.7 Å². The molecule has 0 bridgehead atoms. The number of hydrogen-bond acceptors (Lipinski definition) is 4. The summed E-state index contributed by atoms with van der Waals surface area (Å²) in [5.41, 5.74) is 0.986. The van der Waals surface area contributed by atoms with Gasteiger partial charge in [0.15, 0.2) is 0 Å². The summed E-state index contributed by atoms with van der Waals surface area (Å²) < 4.78 is 5.50. The lowest BCUT2D eigenvalue weighted by molar-refractivity contribution is 0.0934. The first-order valence-corrected chi connectivity index (χ1v) is 7.69. The molecule has 1 aliphatic rings. The van der Waals surface area contributed by atoms with Gasteiger partial charge in [0.05, 0.1) is 18.2 Å². The summed E-state index contributed by atoms with van der Waals surface area (Å²) >= 11 is 0. The quantitative estimate of drug-likeness (QED) is 0.575. The molecule has 6 nitrogen and oxygen atoms in total. The maximum Gasteiger partial charge on any atom is 0.404 e. The monoisotopic (exact) mass is 308 g/mol. The van der Waals surface area contributed by atoms with E-state index in [9.17, 15) is 9.90 Å². The smallest absolute Gasteiger partial charge is 0.404 e. The van der Waals surface area contributed by atoms with Crippen molar-refractivity contribution in [3.8, 4) is 0 Å². The molecule has 2 rings (SSSR count). The van der Waals surface area contributed by atoms with Gasteiger partial charge in [-0.25, -0.2) is 4.79 Å². The molecule has 4 N–H and O–H groups in total. The van der Waals surface area contributed by atoms with E-state index in [0.29, 0.717) is 19.5 Å². The molecule has 1 aromatic carbocycles. The number of carboxylic acid groups (broad SMARTS) is 1. The molecule has 1 heterocycles. The van der Waals surface area contributed by atoms with Gasteiger partial charge in [0.25, 0.3) is 0 Å². The Labute approximate surface area is 130 Å². The summed E-state index contributed by atoms with van der Waals surface area (Å²) in [5, 5.41) is 24.8. The number of amides is 1. The number of benzene rings is 1. The summed E-state index contributed by atoms with van der Waals surface area (Å²) in [6.07, 6.45) is 0.843. The van der Waals surface area contributed by atoms with Crippen LogP contribution in [0.4, 0.5) is 4.79 Å². The second-order valence-corrected chi connectivity index (χ2v) is 5.61. The van der Waals surface area contributed by atoms with Gasteiger partial charge in [-0.3, -0.25) is 0 Å². The second kappa shape index (κ2) is 8.73. The lowest BCUT2D eigenvalue weighted by atomic mass is 10.0. The number of rotatable bonds is 8. The van der Waals surface area contributed by atoms with Gasteiger partial charge in [-0.1, -0.05) is 30.3 Å². The predicted octanol–water partition coefficient (Wildman–Crippen LogP) is 0.995. The molecular weight excluding hydrogens is 284 g/mol. The maximum absolute atomic E-state index is 10.9. The van der Waals surface area contributed by atoms with E-state index in [1.807, 2.05) is 30.3 Å². The van der Waals surface area contributed by atoms with E-state index < -0.39 is 18.2 Å². The third-order valence-electron chi connectivity index (χ3n) is 3.82. The fraction of sp³-hybridized carbons (Fsp3) is 0.562. The Morgan fingerprint density at radius 3 is 2.77 bits per heavy atom. The van der Waals surface area contributed by atoms with Crippen LogP contribution in [0.25, 0.3) is 0 Å². The highest BCUT2D eigenvalue weighted by Crippen LogP contribution is 2.11. The van der Waals surface area contributed by atoms with Gasteiger partial charge in [-0.05, 0) is 24.8 Å². The average molecular weight is 308 g/mol. The molecule has 0 aliphatic carbocycles. The molecule has 0 aromatic heterocycles. The van der Waals surface area contributed by atoms with Crippen LogP contribution in [0.2, 0.25) is 0 Å². The summed E-state index contributed by atoms with van der Waals surface area (Å²) in [6, 6.07) is 9.00. The van der Waals surface area contributed by atoms with Crippen LogP contribution in [0.3, 0.4) is 0 Å². The molecule has 1 aromatic rings. The molecule has 1 aliphatic heterocycles. The number of carbonyl (C=O) groups is 1. The normalized spacial score (nSPS) is 20.5. The van der Waals surface area contributed by atoms with E-state index in [1.54, 1.807) is 0 Å². The summed E-state index contributed by atoms with van der Waals surface area (Å²) in [5.74, 6) is 0. The molecule has 1 saturated heterocycles. The van der Waals surface area contributed by atoms with Crippen molar-refractivity contribution in [2.24, 2.45) is 0 Å². The van der Waals surface area contributed by atoms with Crippen LogP contribution in [0.1, 0.15) is 18.4 Å². The molecule has 122 valence electrons. The van der Waals surface area contributed by atoms with E-state index in [2.05, 4.69) is 10.6 Å². The SMILES string of the molecule is O=C(O)N[C@@H](Cc1ccccc1)[C@@H](O)CNCC1CCCO1. The van der Waals surface area contributed by atoms with Crippen LogP contribution in [-0.2, 0) is 11.2 Å². The zero-order chi connectivity index (χ0) is 15.8. The Morgan fingerprint density at radius 2 is 2.14 bits per heavy atom. The fourth-order valence-electron chi connectivity index (χ4n) is 2.65. The van der Waals surface area contributed by atoms with Gasteiger partial charge < -0.3 is 25.6 Å². The maximum atomic E-state index is 10.9. The Balaban J connectivity index is 1.82. The van der Waals surface area contributed by atoms with E-state index >= 15 is 0 Å². The Morgan fingerprint density at radius 1 is 1.36 bits per heavy atom. The van der Waals surface area contributed by atoms with Crippen molar-refractivity contribution >= 4 is 6.09 Å². The highest BCUT2D eigenvalue weighted by atomic mass is 16.5. The van der Waals surface area contributed by atoms with E-state index in [-0.39, 0.29) is 6.10 Å². The van der Waals surface area contributed by atoms with Crippen molar-refractivity contribution in [2.75, 3.05) is 19.7 Å². The lowest BCUT2D eigenvalue weighted by Gasteiger charge is -2.24. The van der Waals surface area contributed by atoms with Crippen molar-refractivity contribution in [3.63, 3.8) is 0 Å². The minimum atomic E-state index is -1.13. The van der Waals surface area contributed by atoms with Crippen molar-refractivity contribution in [1.29, 1.82) is 0 Å². The van der Waals surface area contributed by atoms with Gasteiger partial charge in [-0.15, -0.1) is 0 Å². The van der Waals surface area contributed by atoms with Gasteiger partial charge in [0.1, 0.15) is 0 Å². The first kappa shape index (κ1) is 16.7. The Bertz CT molecular complexity index is 449. The molecule has 3 atom stereocenters. The molecular formula is C16H24N2O4. The molecule has 0 spiro atoms. The zero-order valence-corrected chi connectivity index (χ0v) is 12.6. The predicted molar refractivity (Wildman–Crippen MR) is 82.9 cm³/mol. The van der Waals surface area contributed by atoms with Crippen LogP contribution < -0.4 is 10.6 Å². The van der Waals surface area contributed by atoms with Gasteiger partial charge in [0, 0.05) is 19.7 Å². The average Bonchev–Trinajstić information content (AvgIpc) is 3.00. The minimum absolute atomic E-state index is 0.201. The summed E-state index contributed by atoms with van der Waals surface area (Å²) in [4.78, 5) is 10.9. The first-order chi connectivity index (χ1) is 10.6. The Hall–Kier alpha value is -1.63. The minimum Gasteiger partial charge on any atom is -0.465 e. The molecule has 1 fully saturated rings. The number of ether oxygens (including phenoxy) is 1. The standard InChI is InChI=1S/C16H24N2O4/c19-15(11-17-10-13-7-4-8-22-13)14(18-16(20)21)9-12-5-2-1-3-6-12/h1-3,5-6,13-15,17-19H,4,7-11H2,(H,20,21)/t13?,14-,15-/m0/s1. The molecule has 1 unspecified atom stereocenters. The van der Waals surface area contributed by atoms with Crippen molar-refractivity contribution in [1.82, 2.24) is 10.6 Å². The number of aliphatic hydroxyl groups excluding tert-OH is 1. The molecule has 0 radical (unpaired) electrons. The van der Waals surface area contributed by atoms with Crippen molar-refractivity contribution in [2.45, 2.75) is 37.5 Å². The third-order valence-corrected chi connectivity index (χ3v) is 3.82. The van der Waals surface area contributed by atoms with E-state index in [0.717, 1.165) is 25.0 Å². The molecule has 1 amide bonds. The van der Waals surface area contributed by atoms with Crippen molar-refractivity contribution in [3.05, 3.63) is 35.9 Å². The number of hydrogen-bond donors (Lipinski definition) is 4. The van der Waals surface area contributed by atoms with Gasteiger partial charge in [0.2, 0.25) is 0 Å². The van der Waals surface area contributed by atoms with Crippen LogP contribution in [0.5, 0.6) is 0 Å². The van der Waals surface area contributed by atoms with E-state index in [4.69, 9.17) is 9.84 Å². The molecule has 6 heteroatoms. The highest BCUT2D eigenvalue weighted by Gasteiger charge is 2.22.